The molecule has 0 aromatic carbocycles. The van der Waals surface area contributed by atoms with E-state index in [1.165, 1.54) is 0 Å². The van der Waals surface area contributed by atoms with Crippen LogP contribution in [0, 0.1) is 20.8 Å². The van der Waals surface area contributed by atoms with Crippen LogP contribution in [0.15, 0.2) is 29.8 Å². The van der Waals surface area contributed by atoms with Crippen LogP contribution in [0.25, 0.3) is 0 Å². The molecule has 0 aliphatic carbocycles. The summed E-state index contributed by atoms with van der Waals surface area (Å²) in [5, 5.41) is 6.06. The minimum Gasteiger partial charge on any atom is -0.330 e. The fourth-order valence-electron chi connectivity index (χ4n) is 3.49. The molecule has 0 bridgehead atoms. The molecule has 7 nitrogen and oxygen atoms in total. The lowest BCUT2D eigenvalue weighted by atomic mass is 10.1. The Kier molecular flexibility index (Phi) is 5.04. The third kappa shape index (κ3) is 3.73. The van der Waals surface area contributed by atoms with Crippen LogP contribution in [0.2, 0.25) is 0 Å². The maximum atomic E-state index is 13.1. The number of carbonyl (C=O) groups is 1. The fraction of sp³-hybridized carbons (Fsp3) is 0.350. The summed E-state index contributed by atoms with van der Waals surface area (Å²) in [5.74, 6) is 1.38. The van der Waals surface area contributed by atoms with Gasteiger partial charge in [-0.2, -0.15) is 0 Å². The summed E-state index contributed by atoms with van der Waals surface area (Å²) >= 11 is 1.55. The molecule has 1 saturated heterocycles. The van der Waals surface area contributed by atoms with Crippen LogP contribution in [0.3, 0.4) is 0 Å². The summed E-state index contributed by atoms with van der Waals surface area (Å²) in [6.07, 6.45) is 3.48. The molecule has 0 unspecified atom stereocenters. The predicted molar refractivity (Wildman–Crippen MR) is 109 cm³/mol. The Morgan fingerprint density at radius 2 is 2.07 bits per heavy atom. The predicted octanol–water partition coefficient (Wildman–Crippen LogP) is 3.97. The Hall–Kier alpha value is -2.87. The Bertz CT molecular complexity index is 1020. The van der Waals surface area contributed by atoms with Gasteiger partial charge in [0.05, 0.1) is 28.7 Å². The van der Waals surface area contributed by atoms with Gasteiger partial charge < -0.3 is 10.2 Å². The van der Waals surface area contributed by atoms with Crippen LogP contribution >= 0.6 is 11.3 Å². The Morgan fingerprint density at radius 1 is 1.21 bits per heavy atom. The molecule has 28 heavy (non-hydrogen) atoms. The van der Waals surface area contributed by atoms with E-state index in [1.807, 2.05) is 49.3 Å². The largest absolute Gasteiger partial charge is 0.330 e. The number of hydrogen-bond donors (Lipinski definition) is 1. The molecule has 1 atom stereocenters. The SMILES string of the molecule is Cc1csc(Nc2cccc([C@H]3CCCN3C(=O)c3cnc(C)nc3C)n2)n1. The Morgan fingerprint density at radius 3 is 2.82 bits per heavy atom. The van der Waals surface area contributed by atoms with Gasteiger partial charge in [-0.15, -0.1) is 11.3 Å². The lowest BCUT2D eigenvalue weighted by Crippen LogP contribution is -2.32. The number of anilines is 2. The van der Waals surface area contributed by atoms with Gasteiger partial charge in [-0.05, 0) is 45.7 Å². The summed E-state index contributed by atoms with van der Waals surface area (Å²) in [7, 11) is 0. The molecule has 1 aliphatic rings. The van der Waals surface area contributed by atoms with Gasteiger partial charge >= 0.3 is 0 Å². The van der Waals surface area contributed by atoms with Crippen molar-refractivity contribution in [3.63, 3.8) is 0 Å². The number of nitrogens with zero attached hydrogens (tertiary/aromatic N) is 5. The van der Waals surface area contributed by atoms with E-state index in [9.17, 15) is 4.79 Å². The quantitative estimate of drug-likeness (QED) is 0.721. The molecule has 1 aliphatic heterocycles. The molecule has 3 aromatic rings. The van der Waals surface area contributed by atoms with Crippen molar-refractivity contribution in [2.24, 2.45) is 0 Å². The van der Waals surface area contributed by atoms with Crippen molar-refractivity contribution in [1.29, 1.82) is 0 Å². The number of rotatable bonds is 4. The molecule has 4 heterocycles. The van der Waals surface area contributed by atoms with Crippen molar-refractivity contribution in [3.8, 4) is 0 Å². The second-order valence-corrected chi connectivity index (χ2v) is 7.80. The highest BCUT2D eigenvalue weighted by Crippen LogP contribution is 2.33. The summed E-state index contributed by atoms with van der Waals surface area (Å²) < 4.78 is 0. The van der Waals surface area contributed by atoms with Gasteiger partial charge in [-0.1, -0.05) is 6.07 Å². The number of thiazole rings is 1. The smallest absolute Gasteiger partial charge is 0.257 e. The zero-order valence-electron chi connectivity index (χ0n) is 16.1. The average molecular weight is 395 g/mol. The summed E-state index contributed by atoms with van der Waals surface area (Å²) in [4.78, 5) is 32.7. The zero-order valence-corrected chi connectivity index (χ0v) is 17.0. The first kappa shape index (κ1) is 18.5. The fourth-order valence-corrected chi connectivity index (χ4v) is 4.19. The molecular weight excluding hydrogens is 372 g/mol. The molecule has 144 valence electrons. The molecule has 4 rings (SSSR count). The Balaban J connectivity index is 1.58. The van der Waals surface area contributed by atoms with Crippen LogP contribution in [0.4, 0.5) is 10.9 Å². The second-order valence-electron chi connectivity index (χ2n) is 6.94. The first-order valence-corrected chi connectivity index (χ1v) is 10.2. The molecule has 0 saturated carbocycles. The van der Waals surface area contributed by atoms with E-state index in [0.29, 0.717) is 23.6 Å². The maximum Gasteiger partial charge on any atom is 0.257 e. The summed E-state index contributed by atoms with van der Waals surface area (Å²) in [6, 6.07) is 5.81. The maximum absolute atomic E-state index is 13.1. The van der Waals surface area contributed by atoms with Crippen LogP contribution in [0.1, 0.15) is 52.1 Å². The molecule has 3 aromatic heterocycles. The van der Waals surface area contributed by atoms with E-state index < -0.39 is 0 Å². The molecule has 0 radical (unpaired) electrons. The number of aryl methyl sites for hydroxylation is 3. The van der Waals surface area contributed by atoms with Crippen LogP contribution in [-0.2, 0) is 0 Å². The van der Waals surface area contributed by atoms with Gasteiger partial charge in [0, 0.05) is 18.1 Å². The van der Waals surface area contributed by atoms with Gasteiger partial charge in [0.2, 0.25) is 0 Å². The lowest BCUT2D eigenvalue weighted by Gasteiger charge is -2.25. The Labute approximate surface area is 167 Å². The lowest BCUT2D eigenvalue weighted by molar-refractivity contribution is 0.0731. The number of amides is 1. The highest BCUT2D eigenvalue weighted by atomic mass is 32.1. The molecular formula is C20H22N6OS. The van der Waals surface area contributed by atoms with Gasteiger partial charge in [-0.25, -0.2) is 19.9 Å². The van der Waals surface area contributed by atoms with Crippen LogP contribution in [0.5, 0.6) is 0 Å². The first-order chi connectivity index (χ1) is 13.5. The first-order valence-electron chi connectivity index (χ1n) is 9.28. The van der Waals surface area contributed by atoms with Crippen molar-refractivity contribution in [2.75, 3.05) is 11.9 Å². The van der Waals surface area contributed by atoms with Crippen molar-refractivity contribution in [2.45, 2.75) is 39.7 Å². The monoisotopic (exact) mass is 394 g/mol. The van der Waals surface area contributed by atoms with Crippen molar-refractivity contribution in [1.82, 2.24) is 24.8 Å². The molecule has 1 fully saturated rings. The summed E-state index contributed by atoms with van der Waals surface area (Å²) in [6.45, 7) is 6.35. The van der Waals surface area contributed by atoms with Crippen molar-refractivity contribution >= 4 is 28.2 Å². The number of aromatic nitrogens is 4. The standard InChI is InChI=1S/C20H22N6OS/c1-12-11-28-20(22-12)25-18-8-4-6-16(24-18)17-7-5-9-26(17)19(27)15-10-21-14(3)23-13(15)2/h4,6,8,10-11,17H,5,7,9H2,1-3H3,(H,22,24,25)/t17-/m1/s1. The van der Waals surface area contributed by atoms with E-state index in [4.69, 9.17) is 4.98 Å². The number of pyridine rings is 1. The van der Waals surface area contributed by atoms with E-state index in [1.54, 1.807) is 17.5 Å². The third-order valence-corrected chi connectivity index (χ3v) is 5.69. The number of likely N-dealkylation sites (tertiary alicyclic amines) is 1. The van der Waals surface area contributed by atoms with Gasteiger partial charge in [0.1, 0.15) is 11.6 Å². The molecule has 1 N–H and O–H groups in total. The minimum atomic E-state index is -0.0482. The normalized spacial score (nSPS) is 16.4. The van der Waals surface area contributed by atoms with Gasteiger partial charge in [0.15, 0.2) is 5.13 Å². The molecule has 0 spiro atoms. The minimum absolute atomic E-state index is 0.0317. The van der Waals surface area contributed by atoms with E-state index in [0.717, 1.165) is 35.2 Å². The van der Waals surface area contributed by atoms with Crippen LogP contribution in [-0.4, -0.2) is 37.3 Å². The second kappa shape index (κ2) is 7.63. The highest BCUT2D eigenvalue weighted by Gasteiger charge is 2.32. The molecule has 1 amide bonds. The topological polar surface area (TPSA) is 83.9 Å². The summed E-state index contributed by atoms with van der Waals surface area (Å²) in [5.41, 5.74) is 3.14. The van der Waals surface area contributed by atoms with Crippen molar-refractivity contribution in [3.05, 3.63) is 58.2 Å². The van der Waals surface area contributed by atoms with Gasteiger partial charge in [0.25, 0.3) is 5.91 Å². The zero-order chi connectivity index (χ0) is 19.7. The van der Waals surface area contributed by atoms with E-state index >= 15 is 0 Å². The molecule has 8 heteroatoms. The highest BCUT2D eigenvalue weighted by molar-refractivity contribution is 7.13. The van der Waals surface area contributed by atoms with Crippen molar-refractivity contribution < 1.29 is 4.79 Å². The van der Waals surface area contributed by atoms with E-state index in [2.05, 4.69) is 20.3 Å². The van der Waals surface area contributed by atoms with Gasteiger partial charge in [-0.3, -0.25) is 4.79 Å². The number of hydrogen-bond acceptors (Lipinski definition) is 7. The van der Waals surface area contributed by atoms with Crippen LogP contribution < -0.4 is 5.32 Å². The average Bonchev–Trinajstić information content (AvgIpc) is 3.30. The third-order valence-electron chi connectivity index (χ3n) is 4.81. The number of nitrogens with one attached hydrogen (secondary N) is 1. The van der Waals surface area contributed by atoms with E-state index in [-0.39, 0.29) is 11.9 Å². The number of carbonyl (C=O) groups excluding carboxylic acids is 1.